The topological polar surface area (TPSA) is 86.4 Å². The van der Waals surface area contributed by atoms with Crippen LogP contribution in [0.3, 0.4) is 0 Å². The lowest BCUT2D eigenvalue weighted by Crippen LogP contribution is -2.39. The lowest BCUT2D eigenvalue weighted by molar-refractivity contribution is 0.0705. The van der Waals surface area contributed by atoms with E-state index in [1.54, 1.807) is 12.1 Å². The van der Waals surface area contributed by atoms with Crippen LogP contribution in [0, 0.1) is 0 Å². The van der Waals surface area contributed by atoms with E-state index in [1.807, 2.05) is 43.0 Å². The predicted octanol–water partition coefficient (Wildman–Crippen LogP) is 3.61. The molecule has 4 rings (SSSR count). The van der Waals surface area contributed by atoms with Crippen molar-refractivity contribution in [1.82, 2.24) is 19.2 Å². The van der Waals surface area contributed by atoms with Crippen molar-refractivity contribution in [3.63, 3.8) is 0 Å². The van der Waals surface area contributed by atoms with E-state index >= 15 is 0 Å². The Morgan fingerprint density at radius 2 is 1.84 bits per heavy atom. The van der Waals surface area contributed by atoms with Crippen molar-refractivity contribution < 1.29 is 13.2 Å². The van der Waals surface area contributed by atoms with Gasteiger partial charge in [-0.2, -0.15) is 4.31 Å². The maximum absolute atomic E-state index is 13.1. The highest BCUT2D eigenvalue weighted by Crippen LogP contribution is 2.28. The second-order valence-corrected chi connectivity index (χ2v) is 9.78. The molecule has 1 N–H and O–H groups in total. The van der Waals surface area contributed by atoms with Gasteiger partial charge in [0.25, 0.3) is 5.91 Å². The van der Waals surface area contributed by atoms with Gasteiger partial charge in [0.15, 0.2) is 0 Å². The average molecular weight is 441 g/mol. The summed E-state index contributed by atoms with van der Waals surface area (Å²) in [5.41, 5.74) is 2.45. The highest BCUT2D eigenvalue weighted by Gasteiger charge is 2.28. The zero-order valence-electron chi connectivity index (χ0n) is 17.9. The summed E-state index contributed by atoms with van der Waals surface area (Å²) in [6.45, 7) is 5.74. The number of piperidine rings is 1. The molecule has 1 atom stereocenters. The molecule has 1 aromatic heterocycles. The van der Waals surface area contributed by atoms with E-state index in [9.17, 15) is 13.2 Å². The fourth-order valence-corrected chi connectivity index (χ4v) is 5.67. The van der Waals surface area contributed by atoms with Crippen LogP contribution in [0.2, 0.25) is 0 Å². The maximum atomic E-state index is 13.1. The number of rotatable bonds is 6. The molecule has 0 spiro atoms. The van der Waals surface area contributed by atoms with Gasteiger partial charge >= 0.3 is 0 Å². The third-order valence-electron chi connectivity index (χ3n) is 5.95. The van der Waals surface area contributed by atoms with E-state index in [0.717, 1.165) is 29.7 Å². The number of imidazole rings is 1. The van der Waals surface area contributed by atoms with E-state index in [4.69, 9.17) is 4.98 Å². The van der Waals surface area contributed by atoms with Crippen molar-refractivity contribution in [3.05, 3.63) is 59.9 Å². The Labute approximate surface area is 183 Å². The molecular formula is C23H28N4O3S. The van der Waals surface area contributed by atoms with E-state index < -0.39 is 10.0 Å². The summed E-state index contributed by atoms with van der Waals surface area (Å²) in [7, 11) is -3.53. The summed E-state index contributed by atoms with van der Waals surface area (Å²) in [5.74, 6) is 0.999. The van der Waals surface area contributed by atoms with Crippen LogP contribution in [0.15, 0.2) is 53.4 Å². The third kappa shape index (κ3) is 4.22. The summed E-state index contributed by atoms with van der Waals surface area (Å²) < 4.78 is 26.8. The standard InChI is InChI=1S/C23H28N4O3S/c1-3-27(4-2)31(29,30)19-13-11-17(12-14-19)23(28)26-15-7-8-18(16-26)22-24-20-9-5-6-10-21(20)25-22/h5-6,9-14,18H,3-4,7-8,15-16H2,1-2H3,(H,24,25). The molecule has 1 unspecified atom stereocenters. The monoisotopic (exact) mass is 440 g/mol. The zero-order valence-corrected chi connectivity index (χ0v) is 18.7. The number of sulfonamides is 1. The minimum absolute atomic E-state index is 0.0763. The average Bonchev–Trinajstić information content (AvgIpc) is 3.24. The van der Waals surface area contributed by atoms with Gasteiger partial charge in [-0.3, -0.25) is 4.79 Å². The van der Waals surface area contributed by atoms with Crippen molar-refractivity contribution in [1.29, 1.82) is 0 Å². The summed E-state index contributed by atoms with van der Waals surface area (Å²) in [6, 6.07) is 14.2. The van der Waals surface area contributed by atoms with Gasteiger partial charge < -0.3 is 9.88 Å². The lowest BCUT2D eigenvalue weighted by atomic mass is 9.96. The summed E-state index contributed by atoms with van der Waals surface area (Å²) >= 11 is 0. The van der Waals surface area contributed by atoms with Gasteiger partial charge in [-0.05, 0) is 49.2 Å². The molecule has 1 aliphatic heterocycles. The smallest absolute Gasteiger partial charge is 0.253 e. The SMILES string of the molecule is CCN(CC)S(=O)(=O)c1ccc(C(=O)N2CCCC(c3nc4ccccc4[nH]3)C2)cc1. The number of nitrogens with zero attached hydrogens (tertiary/aromatic N) is 3. The minimum atomic E-state index is -3.53. The van der Waals surface area contributed by atoms with Gasteiger partial charge in [0.05, 0.1) is 15.9 Å². The number of carbonyl (C=O) groups is 1. The Balaban J connectivity index is 1.50. The summed E-state index contributed by atoms with van der Waals surface area (Å²) in [4.78, 5) is 23.2. The Bertz CT molecular complexity index is 1130. The number of aromatic nitrogens is 2. The highest BCUT2D eigenvalue weighted by molar-refractivity contribution is 7.89. The largest absolute Gasteiger partial charge is 0.342 e. The van der Waals surface area contributed by atoms with Gasteiger partial charge in [-0.15, -0.1) is 0 Å². The first kappa shape index (κ1) is 21.5. The second-order valence-electron chi connectivity index (χ2n) is 7.84. The Morgan fingerprint density at radius 3 is 2.52 bits per heavy atom. The molecule has 31 heavy (non-hydrogen) atoms. The highest BCUT2D eigenvalue weighted by atomic mass is 32.2. The van der Waals surface area contributed by atoms with Crippen molar-refractivity contribution in [2.24, 2.45) is 0 Å². The molecule has 0 bridgehead atoms. The first-order valence-electron chi connectivity index (χ1n) is 10.8. The normalized spacial score (nSPS) is 17.4. The molecule has 0 saturated carbocycles. The minimum Gasteiger partial charge on any atom is -0.342 e. The van der Waals surface area contributed by atoms with Crippen LogP contribution >= 0.6 is 0 Å². The lowest BCUT2D eigenvalue weighted by Gasteiger charge is -2.32. The van der Waals surface area contributed by atoms with Gasteiger partial charge in [0.2, 0.25) is 10.0 Å². The third-order valence-corrected chi connectivity index (χ3v) is 8.01. The predicted molar refractivity (Wildman–Crippen MR) is 121 cm³/mol. The molecule has 1 fully saturated rings. The van der Waals surface area contributed by atoms with Crippen LogP contribution in [0.4, 0.5) is 0 Å². The van der Waals surface area contributed by atoms with Crippen molar-refractivity contribution in [2.75, 3.05) is 26.2 Å². The van der Waals surface area contributed by atoms with Crippen LogP contribution in [-0.4, -0.2) is 59.7 Å². The van der Waals surface area contributed by atoms with Crippen LogP contribution in [0.25, 0.3) is 11.0 Å². The summed E-state index contributed by atoms with van der Waals surface area (Å²) in [6.07, 6.45) is 1.88. The fraction of sp³-hybridized carbons (Fsp3) is 0.391. The van der Waals surface area contributed by atoms with Crippen molar-refractivity contribution in [3.8, 4) is 0 Å². The number of hydrogen-bond donors (Lipinski definition) is 1. The Hall–Kier alpha value is -2.71. The molecule has 2 aromatic carbocycles. The first-order chi connectivity index (χ1) is 14.9. The molecule has 164 valence electrons. The number of nitrogens with one attached hydrogen (secondary N) is 1. The van der Waals surface area contributed by atoms with Crippen LogP contribution in [0.1, 0.15) is 48.8 Å². The quantitative estimate of drug-likeness (QED) is 0.634. The number of amides is 1. The molecule has 1 aliphatic rings. The number of carbonyl (C=O) groups excluding carboxylic acids is 1. The van der Waals surface area contributed by atoms with E-state index in [-0.39, 0.29) is 16.7 Å². The second kappa shape index (κ2) is 8.80. The van der Waals surface area contributed by atoms with Crippen molar-refractivity contribution >= 4 is 27.0 Å². The molecule has 1 saturated heterocycles. The molecule has 0 aliphatic carbocycles. The molecule has 1 amide bonds. The van der Waals surface area contributed by atoms with E-state index in [0.29, 0.717) is 31.7 Å². The van der Waals surface area contributed by atoms with Crippen LogP contribution in [-0.2, 0) is 10.0 Å². The fourth-order valence-electron chi connectivity index (χ4n) is 4.22. The van der Waals surface area contributed by atoms with Gasteiger partial charge in [0, 0.05) is 37.7 Å². The number of H-pyrrole nitrogens is 1. The Morgan fingerprint density at radius 1 is 1.13 bits per heavy atom. The van der Waals surface area contributed by atoms with Crippen LogP contribution in [0.5, 0.6) is 0 Å². The first-order valence-corrected chi connectivity index (χ1v) is 12.2. The van der Waals surface area contributed by atoms with Gasteiger partial charge in [0.1, 0.15) is 5.82 Å². The van der Waals surface area contributed by atoms with Gasteiger partial charge in [-0.25, -0.2) is 13.4 Å². The Kier molecular flexibility index (Phi) is 6.11. The number of para-hydroxylation sites is 2. The van der Waals surface area contributed by atoms with Gasteiger partial charge in [-0.1, -0.05) is 26.0 Å². The molecular weight excluding hydrogens is 412 g/mol. The molecule has 2 heterocycles. The number of benzene rings is 2. The molecule has 0 radical (unpaired) electrons. The maximum Gasteiger partial charge on any atom is 0.253 e. The number of fused-ring (bicyclic) bond motifs is 1. The summed E-state index contributed by atoms with van der Waals surface area (Å²) in [5, 5.41) is 0. The number of hydrogen-bond acceptors (Lipinski definition) is 4. The number of aromatic amines is 1. The number of likely N-dealkylation sites (tertiary alicyclic amines) is 1. The van der Waals surface area contributed by atoms with E-state index in [1.165, 1.54) is 16.4 Å². The molecule has 3 aromatic rings. The zero-order chi connectivity index (χ0) is 22.0. The van der Waals surface area contributed by atoms with E-state index in [2.05, 4.69) is 4.98 Å². The molecule has 8 heteroatoms. The molecule has 7 nitrogen and oxygen atoms in total. The van der Waals surface area contributed by atoms with Crippen molar-refractivity contribution in [2.45, 2.75) is 37.5 Å². The van der Waals surface area contributed by atoms with Crippen LogP contribution < -0.4 is 0 Å².